The first-order chi connectivity index (χ1) is 9.38. The van der Waals surface area contributed by atoms with Crippen molar-refractivity contribution < 1.29 is 14.7 Å². The Kier molecular flexibility index (Phi) is 4.48. The standard InChI is InChI=1S/C15H21NO3S/c1-8-6-13(10(3)20-8)9(2)16-14(17)11-4-5-12(7-11)15(18)19/h6,9,11-12H,4-5,7H2,1-3H3,(H,16,17)(H,18,19). The topological polar surface area (TPSA) is 66.4 Å². The van der Waals surface area contributed by atoms with Crippen LogP contribution < -0.4 is 5.32 Å². The average Bonchev–Trinajstić information content (AvgIpc) is 2.95. The smallest absolute Gasteiger partial charge is 0.306 e. The summed E-state index contributed by atoms with van der Waals surface area (Å²) in [5, 5.41) is 12.0. The van der Waals surface area contributed by atoms with E-state index < -0.39 is 5.97 Å². The van der Waals surface area contributed by atoms with E-state index in [-0.39, 0.29) is 23.8 Å². The first-order valence-electron chi connectivity index (χ1n) is 6.98. The molecule has 2 rings (SSSR count). The summed E-state index contributed by atoms with van der Waals surface area (Å²) in [6.07, 6.45) is 1.76. The van der Waals surface area contributed by atoms with Crippen LogP contribution in [0.5, 0.6) is 0 Å². The van der Waals surface area contributed by atoms with Crippen LogP contribution >= 0.6 is 11.3 Å². The van der Waals surface area contributed by atoms with Gasteiger partial charge in [-0.1, -0.05) is 0 Å². The number of carboxylic acid groups (broad SMARTS) is 1. The Morgan fingerprint density at radius 3 is 2.50 bits per heavy atom. The van der Waals surface area contributed by atoms with Crippen LogP contribution in [0, 0.1) is 25.7 Å². The van der Waals surface area contributed by atoms with E-state index in [1.165, 1.54) is 9.75 Å². The Labute approximate surface area is 123 Å². The molecule has 1 aliphatic carbocycles. The maximum atomic E-state index is 12.2. The van der Waals surface area contributed by atoms with Gasteiger partial charge in [-0.3, -0.25) is 9.59 Å². The Morgan fingerprint density at radius 1 is 1.35 bits per heavy atom. The lowest BCUT2D eigenvalue weighted by Gasteiger charge is -2.17. The second kappa shape index (κ2) is 5.95. The lowest BCUT2D eigenvalue weighted by molar-refractivity contribution is -0.141. The highest BCUT2D eigenvalue weighted by Crippen LogP contribution is 2.32. The number of nitrogens with one attached hydrogen (secondary N) is 1. The summed E-state index contributed by atoms with van der Waals surface area (Å²) in [6.45, 7) is 6.10. The summed E-state index contributed by atoms with van der Waals surface area (Å²) in [5.41, 5.74) is 1.16. The summed E-state index contributed by atoms with van der Waals surface area (Å²) < 4.78 is 0. The van der Waals surface area contributed by atoms with Gasteiger partial charge in [0.25, 0.3) is 0 Å². The van der Waals surface area contributed by atoms with Gasteiger partial charge in [-0.2, -0.15) is 0 Å². The predicted octanol–water partition coefficient (Wildman–Crippen LogP) is 3.04. The molecule has 0 spiro atoms. The van der Waals surface area contributed by atoms with Crippen molar-refractivity contribution in [2.75, 3.05) is 0 Å². The Hall–Kier alpha value is -1.36. The van der Waals surface area contributed by atoms with Crippen molar-refractivity contribution in [2.45, 2.75) is 46.1 Å². The van der Waals surface area contributed by atoms with E-state index in [1.807, 2.05) is 6.92 Å². The van der Waals surface area contributed by atoms with Crippen LogP contribution in [0.3, 0.4) is 0 Å². The van der Waals surface area contributed by atoms with E-state index in [2.05, 4.69) is 25.2 Å². The third-order valence-corrected chi connectivity index (χ3v) is 5.04. The fourth-order valence-corrected chi connectivity index (χ4v) is 3.96. The number of aliphatic carboxylic acids is 1. The summed E-state index contributed by atoms with van der Waals surface area (Å²) in [6, 6.07) is 2.09. The molecular formula is C15H21NO3S. The largest absolute Gasteiger partial charge is 0.481 e. The normalized spacial score (nSPS) is 23.6. The molecule has 1 heterocycles. The molecule has 3 unspecified atom stereocenters. The van der Waals surface area contributed by atoms with Crippen LogP contribution in [-0.2, 0) is 9.59 Å². The fourth-order valence-electron chi connectivity index (χ4n) is 2.93. The minimum absolute atomic E-state index is 0.00972. The second-order valence-corrected chi connectivity index (χ2v) is 7.10. The quantitative estimate of drug-likeness (QED) is 0.897. The first kappa shape index (κ1) is 15.0. The minimum atomic E-state index is -0.780. The van der Waals surface area contributed by atoms with Crippen LogP contribution in [0.1, 0.15) is 47.5 Å². The zero-order valence-corrected chi connectivity index (χ0v) is 12.9. The van der Waals surface area contributed by atoms with E-state index in [1.54, 1.807) is 11.3 Å². The van der Waals surface area contributed by atoms with E-state index in [0.29, 0.717) is 19.3 Å². The zero-order valence-electron chi connectivity index (χ0n) is 12.1. The van der Waals surface area contributed by atoms with Crippen molar-refractivity contribution >= 4 is 23.2 Å². The molecule has 1 saturated carbocycles. The van der Waals surface area contributed by atoms with Crippen LogP contribution in [0.25, 0.3) is 0 Å². The Bertz CT molecular complexity index is 523. The maximum absolute atomic E-state index is 12.2. The van der Waals surface area contributed by atoms with E-state index in [0.717, 1.165) is 5.56 Å². The highest BCUT2D eigenvalue weighted by molar-refractivity contribution is 7.12. The zero-order chi connectivity index (χ0) is 14.9. The number of hydrogen-bond acceptors (Lipinski definition) is 3. The number of carboxylic acids is 1. The molecular weight excluding hydrogens is 274 g/mol. The molecule has 0 radical (unpaired) electrons. The van der Waals surface area contributed by atoms with Gasteiger partial charge in [0.2, 0.25) is 5.91 Å². The van der Waals surface area contributed by atoms with Gasteiger partial charge >= 0.3 is 5.97 Å². The Balaban J connectivity index is 1.95. The van der Waals surface area contributed by atoms with Gasteiger partial charge in [0, 0.05) is 15.7 Å². The lowest BCUT2D eigenvalue weighted by Crippen LogP contribution is -2.32. The number of carbonyl (C=O) groups is 2. The third kappa shape index (κ3) is 3.20. The molecule has 1 aromatic heterocycles. The van der Waals surface area contributed by atoms with Crippen molar-refractivity contribution in [3.63, 3.8) is 0 Å². The van der Waals surface area contributed by atoms with E-state index in [4.69, 9.17) is 5.11 Å². The van der Waals surface area contributed by atoms with E-state index >= 15 is 0 Å². The number of carbonyl (C=O) groups excluding carboxylic acids is 1. The van der Waals surface area contributed by atoms with Crippen LogP contribution in [0.2, 0.25) is 0 Å². The summed E-state index contributed by atoms with van der Waals surface area (Å²) in [4.78, 5) is 25.6. The molecule has 2 N–H and O–H groups in total. The molecule has 1 amide bonds. The molecule has 20 heavy (non-hydrogen) atoms. The second-order valence-electron chi connectivity index (χ2n) is 5.64. The minimum Gasteiger partial charge on any atom is -0.481 e. The SMILES string of the molecule is Cc1cc(C(C)NC(=O)C2CCC(C(=O)O)C2)c(C)s1. The van der Waals surface area contributed by atoms with Gasteiger partial charge in [0.15, 0.2) is 0 Å². The molecule has 1 fully saturated rings. The van der Waals surface area contributed by atoms with Crippen LogP contribution in [0.15, 0.2) is 6.07 Å². The van der Waals surface area contributed by atoms with E-state index in [9.17, 15) is 9.59 Å². The summed E-state index contributed by atoms with van der Waals surface area (Å²) >= 11 is 1.73. The molecule has 5 heteroatoms. The van der Waals surface area contributed by atoms with Gasteiger partial charge < -0.3 is 10.4 Å². The molecule has 0 aromatic carbocycles. The molecule has 0 bridgehead atoms. The summed E-state index contributed by atoms with van der Waals surface area (Å²) in [7, 11) is 0. The predicted molar refractivity (Wildman–Crippen MR) is 78.8 cm³/mol. The number of aryl methyl sites for hydroxylation is 2. The van der Waals surface area contributed by atoms with Gasteiger partial charge in [0.05, 0.1) is 12.0 Å². The summed E-state index contributed by atoms with van der Waals surface area (Å²) in [5.74, 6) is -1.30. The monoisotopic (exact) mass is 295 g/mol. The molecule has 0 saturated heterocycles. The van der Waals surface area contributed by atoms with Crippen molar-refractivity contribution in [1.29, 1.82) is 0 Å². The van der Waals surface area contributed by atoms with Gasteiger partial charge in [-0.05, 0) is 51.7 Å². The maximum Gasteiger partial charge on any atom is 0.306 e. The van der Waals surface area contributed by atoms with Crippen molar-refractivity contribution in [3.05, 3.63) is 21.4 Å². The highest BCUT2D eigenvalue weighted by atomic mass is 32.1. The molecule has 4 nitrogen and oxygen atoms in total. The molecule has 3 atom stereocenters. The van der Waals surface area contributed by atoms with Gasteiger partial charge in [-0.15, -0.1) is 11.3 Å². The van der Waals surface area contributed by atoms with Crippen LogP contribution in [0.4, 0.5) is 0 Å². The van der Waals surface area contributed by atoms with Crippen molar-refractivity contribution in [3.8, 4) is 0 Å². The van der Waals surface area contributed by atoms with Crippen molar-refractivity contribution in [2.24, 2.45) is 11.8 Å². The molecule has 0 aliphatic heterocycles. The van der Waals surface area contributed by atoms with Crippen LogP contribution in [-0.4, -0.2) is 17.0 Å². The van der Waals surface area contributed by atoms with Gasteiger partial charge in [-0.25, -0.2) is 0 Å². The van der Waals surface area contributed by atoms with Crippen molar-refractivity contribution in [1.82, 2.24) is 5.32 Å². The molecule has 1 aliphatic rings. The fraction of sp³-hybridized carbons (Fsp3) is 0.600. The third-order valence-electron chi connectivity index (χ3n) is 4.06. The number of hydrogen-bond donors (Lipinski definition) is 2. The lowest BCUT2D eigenvalue weighted by atomic mass is 10.0. The molecule has 110 valence electrons. The number of amides is 1. The average molecular weight is 295 g/mol. The highest BCUT2D eigenvalue weighted by Gasteiger charge is 2.34. The first-order valence-corrected chi connectivity index (χ1v) is 7.80. The Morgan fingerprint density at radius 2 is 2.00 bits per heavy atom. The van der Waals surface area contributed by atoms with Gasteiger partial charge in [0.1, 0.15) is 0 Å². The number of rotatable bonds is 4. The number of thiophene rings is 1. The molecule has 1 aromatic rings.